The standard InChI is InChI=1S/C10H15NO2/c1-2-3-4-5-6-8-7-9(12)11-10(8)13/h7H,2-6H2,1H3,(H,11,12,13). The SMILES string of the molecule is CCCCCCC1=CC(=O)NC1=O. The molecule has 0 radical (unpaired) electrons. The van der Waals surface area contributed by atoms with Crippen LogP contribution in [0.3, 0.4) is 0 Å². The summed E-state index contributed by atoms with van der Waals surface area (Å²) in [7, 11) is 0. The molecule has 0 saturated carbocycles. The lowest BCUT2D eigenvalue weighted by molar-refractivity contribution is -0.123. The number of carbonyl (C=O) groups excluding carboxylic acids is 2. The molecule has 0 aromatic rings. The largest absolute Gasteiger partial charge is 0.289 e. The molecule has 3 heteroatoms. The maximum Gasteiger partial charge on any atom is 0.254 e. The first-order valence-corrected chi connectivity index (χ1v) is 4.80. The molecular formula is C10H15NO2. The van der Waals surface area contributed by atoms with Gasteiger partial charge in [0.1, 0.15) is 0 Å². The van der Waals surface area contributed by atoms with E-state index in [9.17, 15) is 9.59 Å². The molecule has 0 bridgehead atoms. The fourth-order valence-electron chi connectivity index (χ4n) is 1.38. The van der Waals surface area contributed by atoms with E-state index in [1.54, 1.807) is 0 Å². The summed E-state index contributed by atoms with van der Waals surface area (Å²) in [6.07, 6.45) is 6.66. The van der Waals surface area contributed by atoms with Crippen LogP contribution in [0.5, 0.6) is 0 Å². The number of hydrogen-bond donors (Lipinski definition) is 1. The summed E-state index contributed by atoms with van der Waals surface area (Å²) in [5.74, 6) is -0.475. The summed E-state index contributed by atoms with van der Waals surface area (Å²) in [4.78, 5) is 21.8. The highest BCUT2D eigenvalue weighted by Crippen LogP contribution is 2.12. The number of carbonyl (C=O) groups is 2. The van der Waals surface area contributed by atoms with Gasteiger partial charge in [0, 0.05) is 11.6 Å². The van der Waals surface area contributed by atoms with Crippen LogP contribution in [-0.2, 0) is 9.59 Å². The van der Waals surface area contributed by atoms with Gasteiger partial charge in [-0.3, -0.25) is 14.9 Å². The Bertz CT molecular complexity index is 243. The van der Waals surface area contributed by atoms with Crippen LogP contribution in [0.4, 0.5) is 0 Å². The Balaban J connectivity index is 2.25. The fraction of sp³-hybridized carbons (Fsp3) is 0.600. The third kappa shape index (κ3) is 3.01. The van der Waals surface area contributed by atoms with Crippen molar-refractivity contribution in [3.8, 4) is 0 Å². The molecule has 0 saturated heterocycles. The molecule has 0 spiro atoms. The van der Waals surface area contributed by atoms with Gasteiger partial charge in [-0.15, -0.1) is 0 Å². The molecule has 1 heterocycles. The zero-order valence-electron chi connectivity index (χ0n) is 7.93. The molecule has 3 nitrogen and oxygen atoms in total. The van der Waals surface area contributed by atoms with Crippen molar-refractivity contribution in [2.45, 2.75) is 39.0 Å². The third-order valence-electron chi connectivity index (χ3n) is 2.13. The molecule has 0 atom stereocenters. The molecule has 13 heavy (non-hydrogen) atoms. The molecule has 1 aliphatic heterocycles. The van der Waals surface area contributed by atoms with Gasteiger partial charge in [0.2, 0.25) is 0 Å². The van der Waals surface area contributed by atoms with Gasteiger partial charge in [-0.1, -0.05) is 26.2 Å². The van der Waals surface area contributed by atoms with Gasteiger partial charge < -0.3 is 0 Å². The molecule has 1 rings (SSSR count). The quantitative estimate of drug-likeness (QED) is 0.516. The maximum atomic E-state index is 11.0. The fourth-order valence-corrected chi connectivity index (χ4v) is 1.38. The first-order chi connectivity index (χ1) is 6.24. The number of hydrogen-bond acceptors (Lipinski definition) is 2. The Morgan fingerprint density at radius 1 is 1.23 bits per heavy atom. The Kier molecular flexibility index (Phi) is 3.68. The van der Waals surface area contributed by atoms with E-state index < -0.39 is 0 Å². The van der Waals surface area contributed by atoms with Crippen LogP contribution >= 0.6 is 0 Å². The van der Waals surface area contributed by atoms with E-state index in [-0.39, 0.29) is 11.8 Å². The maximum absolute atomic E-state index is 11.0. The molecular weight excluding hydrogens is 166 g/mol. The van der Waals surface area contributed by atoms with Crippen LogP contribution in [0.15, 0.2) is 11.6 Å². The van der Waals surface area contributed by atoms with Crippen LogP contribution < -0.4 is 5.32 Å². The highest BCUT2D eigenvalue weighted by Gasteiger charge is 2.19. The van der Waals surface area contributed by atoms with Crippen molar-refractivity contribution in [1.29, 1.82) is 0 Å². The molecule has 0 fully saturated rings. The van der Waals surface area contributed by atoms with Gasteiger partial charge in [-0.05, 0) is 12.8 Å². The van der Waals surface area contributed by atoms with Crippen molar-refractivity contribution in [2.75, 3.05) is 0 Å². The summed E-state index contributed by atoms with van der Waals surface area (Å²) in [5.41, 5.74) is 0.640. The van der Waals surface area contributed by atoms with Crippen molar-refractivity contribution in [3.63, 3.8) is 0 Å². The van der Waals surface area contributed by atoms with E-state index in [1.165, 1.54) is 18.9 Å². The second-order valence-electron chi connectivity index (χ2n) is 3.30. The van der Waals surface area contributed by atoms with E-state index >= 15 is 0 Å². The van der Waals surface area contributed by atoms with Crippen molar-refractivity contribution in [3.05, 3.63) is 11.6 Å². The molecule has 0 aromatic heterocycles. The molecule has 2 amide bonds. The lowest BCUT2D eigenvalue weighted by Gasteiger charge is -1.98. The number of amides is 2. The zero-order chi connectivity index (χ0) is 9.68. The number of imide groups is 1. The van der Waals surface area contributed by atoms with Crippen LogP contribution in [0, 0.1) is 0 Å². The van der Waals surface area contributed by atoms with E-state index in [1.807, 2.05) is 0 Å². The first-order valence-electron chi connectivity index (χ1n) is 4.80. The van der Waals surface area contributed by atoms with E-state index in [4.69, 9.17) is 0 Å². The van der Waals surface area contributed by atoms with Crippen molar-refractivity contribution < 1.29 is 9.59 Å². The number of rotatable bonds is 5. The van der Waals surface area contributed by atoms with Gasteiger partial charge >= 0.3 is 0 Å². The van der Waals surface area contributed by atoms with Crippen molar-refractivity contribution in [1.82, 2.24) is 5.32 Å². The minimum absolute atomic E-state index is 0.207. The average Bonchev–Trinajstić information content (AvgIpc) is 2.39. The van der Waals surface area contributed by atoms with Crippen LogP contribution in [0.2, 0.25) is 0 Å². The first kappa shape index (κ1) is 9.96. The average molecular weight is 181 g/mol. The Hall–Kier alpha value is -1.12. The van der Waals surface area contributed by atoms with Crippen LogP contribution in [0.1, 0.15) is 39.0 Å². The van der Waals surface area contributed by atoms with E-state index in [0.29, 0.717) is 5.57 Å². The van der Waals surface area contributed by atoms with Gasteiger partial charge in [-0.2, -0.15) is 0 Å². The topological polar surface area (TPSA) is 46.2 Å². The minimum atomic E-state index is -0.268. The van der Waals surface area contributed by atoms with Crippen LogP contribution in [0.25, 0.3) is 0 Å². The third-order valence-corrected chi connectivity index (χ3v) is 2.13. The molecule has 0 unspecified atom stereocenters. The summed E-state index contributed by atoms with van der Waals surface area (Å²) in [6, 6.07) is 0. The lowest BCUT2D eigenvalue weighted by atomic mass is 10.1. The smallest absolute Gasteiger partial charge is 0.254 e. The second kappa shape index (κ2) is 4.80. The Morgan fingerprint density at radius 3 is 2.54 bits per heavy atom. The van der Waals surface area contributed by atoms with E-state index in [2.05, 4.69) is 12.2 Å². The number of nitrogens with one attached hydrogen (secondary N) is 1. The summed E-state index contributed by atoms with van der Waals surface area (Å²) in [6.45, 7) is 2.14. The highest BCUT2D eigenvalue weighted by molar-refractivity contribution is 6.16. The Labute approximate surface area is 78.2 Å². The van der Waals surface area contributed by atoms with Gasteiger partial charge in [0.25, 0.3) is 11.8 Å². The summed E-state index contributed by atoms with van der Waals surface area (Å²) < 4.78 is 0. The van der Waals surface area contributed by atoms with Crippen molar-refractivity contribution in [2.24, 2.45) is 0 Å². The summed E-state index contributed by atoms with van der Waals surface area (Å²) >= 11 is 0. The van der Waals surface area contributed by atoms with Crippen LogP contribution in [-0.4, -0.2) is 11.8 Å². The monoisotopic (exact) mass is 181 g/mol. The van der Waals surface area contributed by atoms with E-state index in [0.717, 1.165) is 19.3 Å². The normalized spacial score (nSPS) is 15.9. The molecule has 1 N–H and O–H groups in total. The van der Waals surface area contributed by atoms with Crippen molar-refractivity contribution >= 4 is 11.8 Å². The summed E-state index contributed by atoms with van der Waals surface area (Å²) in [5, 5.41) is 2.24. The van der Waals surface area contributed by atoms with Gasteiger partial charge in [0.15, 0.2) is 0 Å². The number of unbranched alkanes of at least 4 members (excludes halogenated alkanes) is 3. The van der Waals surface area contributed by atoms with Gasteiger partial charge in [0.05, 0.1) is 0 Å². The lowest BCUT2D eigenvalue weighted by Crippen LogP contribution is -2.22. The molecule has 1 aliphatic rings. The zero-order valence-corrected chi connectivity index (χ0v) is 7.93. The molecule has 0 aromatic carbocycles. The minimum Gasteiger partial charge on any atom is -0.289 e. The Morgan fingerprint density at radius 2 is 2.00 bits per heavy atom. The molecule has 0 aliphatic carbocycles. The predicted octanol–water partition coefficient (Wildman–Crippen LogP) is 1.54. The highest BCUT2D eigenvalue weighted by atomic mass is 16.2. The van der Waals surface area contributed by atoms with Gasteiger partial charge in [-0.25, -0.2) is 0 Å². The second-order valence-corrected chi connectivity index (χ2v) is 3.30. The molecule has 72 valence electrons. The predicted molar refractivity (Wildman–Crippen MR) is 50.0 cm³/mol.